The molecule has 0 radical (unpaired) electrons. The van der Waals surface area contributed by atoms with Crippen molar-refractivity contribution < 1.29 is 19.1 Å². The van der Waals surface area contributed by atoms with Crippen LogP contribution in [-0.2, 0) is 19.1 Å². The van der Waals surface area contributed by atoms with Crippen molar-refractivity contribution >= 4 is 17.5 Å². The molecular weight excluding hydrogens is 376 g/mol. The molecule has 0 saturated heterocycles. The van der Waals surface area contributed by atoms with Gasteiger partial charge in [0.25, 0.3) is 0 Å². The van der Waals surface area contributed by atoms with E-state index in [1.54, 1.807) is 0 Å². The molecular formula is C26H22O4. The third kappa shape index (κ3) is 3.77. The predicted octanol–water partition coefficient (Wildman–Crippen LogP) is 5.54. The Morgan fingerprint density at radius 1 is 0.900 bits per heavy atom. The van der Waals surface area contributed by atoms with Crippen LogP contribution in [0.15, 0.2) is 78.6 Å². The standard InChI is InChI=1S/C26H22O4/c1-16-9-12-19(13-10-16)21-14-11-17(2)22(15-21)23-25(29-18(3)27)24(30-26(23)28)20-7-5-4-6-8-20/h4-15,24H,1-3H3. The zero-order chi connectivity index (χ0) is 21.3. The first-order valence-corrected chi connectivity index (χ1v) is 9.80. The number of carbonyl (C=O) groups excluding carboxylic acids is 2. The summed E-state index contributed by atoms with van der Waals surface area (Å²) in [5, 5.41) is 0. The Morgan fingerprint density at radius 3 is 2.23 bits per heavy atom. The van der Waals surface area contributed by atoms with Crippen molar-refractivity contribution in [3.63, 3.8) is 0 Å². The van der Waals surface area contributed by atoms with Crippen molar-refractivity contribution in [1.29, 1.82) is 0 Å². The molecule has 0 aliphatic carbocycles. The van der Waals surface area contributed by atoms with Gasteiger partial charge in [-0.15, -0.1) is 0 Å². The van der Waals surface area contributed by atoms with Crippen molar-refractivity contribution in [3.8, 4) is 11.1 Å². The molecule has 1 unspecified atom stereocenters. The van der Waals surface area contributed by atoms with Gasteiger partial charge in [-0.3, -0.25) is 4.79 Å². The molecule has 0 bridgehead atoms. The topological polar surface area (TPSA) is 52.6 Å². The van der Waals surface area contributed by atoms with Gasteiger partial charge in [-0.1, -0.05) is 72.3 Å². The van der Waals surface area contributed by atoms with Crippen molar-refractivity contribution in [2.75, 3.05) is 0 Å². The minimum atomic E-state index is -0.750. The second kappa shape index (κ2) is 7.99. The normalized spacial score (nSPS) is 15.8. The number of esters is 2. The second-order valence-corrected chi connectivity index (χ2v) is 7.42. The maximum absolute atomic E-state index is 12.9. The molecule has 1 heterocycles. The van der Waals surface area contributed by atoms with Crippen LogP contribution < -0.4 is 0 Å². The van der Waals surface area contributed by atoms with Crippen LogP contribution in [0.3, 0.4) is 0 Å². The van der Waals surface area contributed by atoms with Gasteiger partial charge in [0.2, 0.25) is 0 Å². The van der Waals surface area contributed by atoms with E-state index in [9.17, 15) is 9.59 Å². The molecule has 0 saturated carbocycles. The number of rotatable bonds is 4. The largest absolute Gasteiger partial charge is 0.445 e. The van der Waals surface area contributed by atoms with Crippen molar-refractivity contribution in [2.45, 2.75) is 26.9 Å². The molecule has 4 nitrogen and oxygen atoms in total. The van der Waals surface area contributed by atoms with Gasteiger partial charge in [-0.25, -0.2) is 4.79 Å². The smallest absolute Gasteiger partial charge is 0.343 e. The fourth-order valence-electron chi connectivity index (χ4n) is 3.62. The molecule has 0 amide bonds. The Bertz CT molecular complexity index is 1140. The molecule has 1 aliphatic heterocycles. The van der Waals surface area contributed by atoms with Gasteiger partial charge >= 0.3 is 11.9 Å². The molecule has 0 aromatic heterocycles. The Morgan fingerprint density at radius 2 is 1.57 bits per heavy atom. The lowest BCUT2D eigenvalue weighted by Crippen LogP contribution is -2.07. The Balaban J connectivity index is 1.87. The van der Waals surface area contributed by atoms with E-state index in [0.29, 0.717) is 11.1 Å². The Labute approximate surface area is 175 Å². The van der Waals surface area contributed by atoms with E-state index in [4.69, 9.17) is 9.47 Å². The molecule has 3 aromatic carbocycles. The molecule has 1 aliphatic rings. The van der Waals surface area contributed by atoms with Crippen LogP contribution in [0.4, 0.5) is 0 Å². The summed E-state index contributed by atoms with van der Waals surface area (Å²) in [5.74, 6) is -0.749. The number of aryl methyl sites for hydroxylation is 2. The van der Waals surface area contributed by atoms with E-state index >= 15 is 0 Å². The summed E-state index contributed by atoms with van der Waals surface area (Å²) in [5.41, 5.74) is 5.85. The quantitative estimate of drug-likeness (QED) is 0.541. The summed E-state index contributed by atoms with van der Waals surface area (Å²) in [4.78, 5) is 24.8. The van der Waals surface area contributed by atoms with Crippen LogP contribution in [0.5, 0.6) is 0 Å². The average molecular weight is 398 g/mol. The van der Waals surface area contributed by atoms with Gasteiger partial charge in [0.1, 0.15) is 5.57 Å². The Hall–Kier alpha value is -3.66. The van der Waals surface area contributed by atoms with E-state index < -0.39 is 18.0 Å². The lowest BCUT2D eigenvalue weighted by atomic mass is 9.93. The molecule has 150 valence electrons. The first-order valence-electron chi connectivity index (χ1n) is 9.80. The molecule has 4 heteroatoms. The van der Waals surface area contributed by atoms with Crippen LogP contribution in [0, 0.1) is 13.8 Å². The van der Waals surface area contributed by atoms with Gasteiger partial charge in [-0.2, -0.15) is 0 Å². The van der Waals surface area contributed by atoms with E-state index in [1.165, 1.54) is 12.5 Å². The highest BCUT2D eigenvalue weighted by Gasteiger charge is 2.39. The number of carbonyl (C=O) groups is 2. The second-order valence-electron chi connectivity index (χ2n) is 7.42. The minimum absolute atomic E-state index is 0.239. The molecule has 0 N–H and O–H groups in total. The van der Waals surface area contributed by atoms with Gasteiger partial charge < -0.3 is 9.47 Å². The maximum Gasteiger partial charge on any atom is 0.343 e. The number of ether oxygens (including phenoxy) is 2. The van der Waals surface area contributed by atoms with Crippen LogP contribution >= 0.6 is 0 Å². The zero-order valence-electron chi connectivity index (χ0n) is 17.1. The van der Waals surface area contributed by atoms with Crippen LogP contribution in [0.25, 0.3) is 16.7 Å². The first-order chi connectivity index (χ1) is 14.4. The third-order valence-corrected chi connectivity index (χ3v) is 5.16. The first kappa shape index (κ1) is 19.6. The lowest BCUT2D eigenvalue weighted by Gasteiger charge is -2.14. The monoisotopic (exact) mass is 398 g/mol. The summed E-state index contributed by atoms with van der Waals surface area (Å²) < 4.78 is 11.2. The highest BCUT2D eigenvalue weighted by atomic mass is 16.6. The summed E-state index contributed by atoms with van der Waals surface area (Å²) in [7, 11) is 0. The maximum atomic E-state index is 12.9. The number of benzene rings is 3. The van der Waals surface area contributed by atoms with Crippen molar-refractivity contribution in [2.24, 2.45) is 0 Å². The summed E-state index contributed by atoms with van der Waals surface area (Å²) in [6, 6.07) is 23.4. The van der Waals surface area contributed by atoms with Gasteiger partial charge in [-0.05, 0) is 42.2 Å². The van der Waals surface area contributed by atoms with Gasteiger partial charge in [0.05, 0.1) is 0 Å². The molecule has 0 spiro atoms. The fourth-order valence-corrected chi connectivity index (χ4v) is 3.62. The lowest BCUT2D eigenvalue weighted by molar-refractivity contribution is -0.143. The number of hydrogen-bond donors (Lipinski definition) is 0. The van der Waals surface area contributed by atoms with Crippen molar-refractivity contribution in [1.82, 2.24) is 0 Å². The van der Waals surface area contributed by atoms with Crippen molar-refractivity contribution in [3.05, 3.63) is 101 Å². The predicted molar refractivity (Wildman–Crippen MR) is 115 cm³/mol. The highest BCUT2D eigenvalue weighted by Crippen LogP contribution is 2.42. The van der Waals surface area contributed by atoms with Crippen LogP contribution in [-0.4, -0.2) is 11.9 Å². The fraction of sp³-hybridized carbons (Fsp3) is 0.154. The van der Waals surface area contributed by atoms with E-state index in [1.807, 2.05) is 86.6 Å². The SMILES string of the molecule is CC(=O)OC1=C(c2cc(-c3ccc(C)cc3)ccc2C)C(=O)OC1c1ccccc1. The summed E-state index contributed by atoms with van der Waals surface area (Å²) in [6.07, 6.45) is -0.750. The number of cyclic esters (lactones) is 1. The minimum Gasteiger partial charge on any atom is -0.445 e. The van der Waals surface area contributed by atoms with Crippen LogP contribution in [0.2, 0.25) is 0 Å². The number of hydrogen-bond acceptors (Lipinski definition) is 4. The summed E-state index contributed by atoms with van der Waals surface area (Å²) >= 11 is 0. The zero-order valence-corrected chi connectivity index (χ0v) is 17.1. The highest BCUT2D eigenvalue weighted by molar-refractivity contribution is 6.20. The van der Waals surface area contributed by atoms with E-state index in [0.717, 1.165) is 22.3 Å². The average Bonchev–Trinajstić information content (AvgIpc) is 3.05. The van der Waals surface area contributed by atoms with Crippen LogP contribution in [0.1, 0.15) is 35.3 Å². The summed E-state index contributed by atoms with van der Waals surface area (Å²) in [6.45, 7) is 5.29. The van der Waals surface area contributed by atoms with E-state index in [2.05, 4.69) is 0 Å². The third-order valence-electron chi connectivity index (χ3n) is 5.16. The van der Waals surface area contributed by atoms with Gasteiger partial charge in [0.15, 0.2) is 11.9 Å². The van der Waals surface area contributed by atoms with E-state index in [-0.39, 0.29) is 5.76 Å². The molecule has 30 heavy (non-hydrogen) atoms. The van der Waals surface area contributed by atoms with Gasteiger partial charge in [0, 0.05) is 12.5 Å². The molecule has 4 rings (SSSR count). The molecule has 3 aromatic rings. The Kier molecular flexibility index (Phi) is 5.23. The molecule has 0 fully saturated rings. The molecule has 1 atom stereocenters.